The van der Waals surface area contributed by atoms with Crippen molar-refractivity contribution in [1.29, 1.82) is 0 Å². The molecule has 0 unspecified atom stereocenters. The van der Waals surface area contributed by atoms with E-state index in [4.69, 9.17) is 4.98 Å². The van der Waals surface area contributed by atoms with Gasteiger partial charge in [0.15, 0.2) is 12.4 Å². The number of nitrogens with zero attached hydrogens (tertiary/aromatic N) is 3. The van der Waals surface area contributed by atoms with Crippen LogP contribution in [0.25, 0.3) is 5.57 Å². The van der Waals surface area contributed by atoms with Gasteiger partial charge in [-0.15, -0.1) is 0 Å². The van der Waals surface area contributed by atoms with Gasteiger partial charge in [-0.2, -0.15) is 4.73 Å². The van der Waals surface area contributed by atoms with Gasteiger partial charge in [-0.05, 0) is 82.9 Å². The van der Waals surface area contributed by atoms with E-state index in [9.17, 15) is 10.0 Å². The molecular formula is C27H25Br2N3O2. The van der Waals surface area contributed by atoms with Crippen molar-refractivity contribution in [3.63, 3.8) is 0 Å². The molecule has 0 atom stereocenters. The van der Waals surface area contributed by atoms with Crippen molar-refractivity contribution in [2.75, 3.05) is 13.1 Å². The highest BCUT2D eigenvalue weighted by molar-refractivity contribution is 9.10. The molecule has 1 aliphatic heterocycles. The Balaban J connectivity index is 1.47. The molecule has 0 N–H and O–H groups in total. The first-order valence-electron chi connectivity index (χ1n) is 11.5. The van der Waals surface area contributed by atoms with Crippen LogP contribution >= 0.6 is 31.9 Å². The molecule has 1 saturated heterocycles. The van der Waals surface area contributed by atoms with E-state index >= 15 is 0 Å². The Morgan fingerprint density at radius 2 is 1.76 bits per heavy atom. The number of benzene rings is 1. The lowest BCUT2D eigenvalue weighted by Crippen LogP contribution is -2.37. The summed E-state index contributed by atoms with van der Waals surface area (Å²) in [4.78, 5) is 19.7. The summed E-state index contributed by atoms with van der Waals surface area (Å²) in [6.07, 6.45) is 8.66. The maximum atomic E-state index is 12.9. The van der Waals surface area contributed by atoms with Crippen molar-refractivity contribution >= 4 is 43.3 Å². The molecule has 7 heteroatoms. The zero-order chi connectivity index (χ0) is 23.8. The molecule has 1 fully saturated rings. The summed E-state index contributed by atoms with van der Waals surface area (Å²) in [6.45, 7) is 3.52. The van der Waals surface area contributed by atoms with E-state index in [2.05, 4.69) is 57.0 Å². The maximum Gasteiger partial charge on any atom is 0.227 e. The van der Waals surface area contributed by atoms with E-state index in [0.717, 1.165) is 50.6 Å². The molecule has 1 amide bonds. The number of carbonyl (C=O) groups excluding carboxylic acids is 1. The summed E-state index contributed by atoms with van der Waals surface area (Å²) < 4.78 is 2.85. The minimum absolute atomic E-state index is 0.105. The van der Waals surface area contributed by atoms with Gasteiger partial charge in [-0.3, -0.25) is 9.78 Å². The van der Waals surface area contributed by atoms with E-state index in [1.165, 1.54) is 45.8 Å². The van der Waals surface area contributed by atoms with Gasteiger partial charge in [0.25, 0.3) is 0 Å². The standard InChI is InChI=1S/C27H25Br2N3O2/c1-17-12-20-2-3-21-15-22(28)16-30-27(21)26(25(20)23(29)13-17)19-6-8-31(9-7-19)24(33)14-18-4-10-32(34)11-5-18/h4-5,10-13,15-16H,2-3,6-9,14H2,1H3. The molecule has 0 bridgehead atoms. The monoisotopic (exact) mass is 581 g/mol. The second-order valence-corrected chi connectivity index (χ2v) is 10.8. The molecule has 0 radical (unpaired) electrons. The minimum Gasteiger partial charge on any atom is -0.619 e. The Hall–Kier alpha value is -2.51. The Bertz CT molecular complexity index is 1290. The van der Waals surface area contributed by atoms with E-state index in [-0.39, 0.29) is 5.91 Å². The van der Waals surface area contributed by atoms with E-state index in [0.29, 0.717) is 19.5 Å². The van der Waals surface area contributed by atoms with Crippen LogP contribution in [0.5, 0.6) is 0 Å². The fourth-order valence-corrected chi connectivity index (χ4v) is 6.24. The third kappa shape index (κ3) is 4.68. The highest BCUT2D eigenvalue weighted by Gasteiger charge is 2.28. The predicted molar refractivity (Wildman–Crippen MR) is 139 cm³/mol. The fraction of sp³-hybridized carbons (Fsp3) is 0.296. The number of amides is 1. The number of rotatable bonds is 2. The lowest BCUT2D eigenvalue weighted by Gasteiger charge is -2.31. The van der Waals surface area contributed by atoms with Crippen molar-refractivity contribution in [3.8, 4) is 0 Å². The number of piperidine rings is 1. The number of likely N-dealkylation sites (tertiary alicyclic amines) is 1. The third-order valence-corrected chi connectivity index (χ3v) is 7.76. The van der Waals surface area contributed by atoms with Crippen LogP contribution in [0.3, 0.4) is 0 Å². The first-order chi connectivity index (χ1) is 16.4. The van der Waals surface area contributed by atoms with Crippen molar-refractivity contribution < 1.29 is 9.52 Å². The fourth-order valence-electron chi connectivity index (χ4n) is 5.04. The van der Waals surface area contributed by atoms with Crippen LogP contribution in [0.4, 0.5) is 0 Å². The topological polar surface area (TPSA) is 60.1 Å². The number of pyridine rings is 2. The smallest absolute Gasteiger partial charge is 0.227 e. The van der Waals surface area contributed by atoms with Crippen molar-refractivity contribution in [1.82, 2.24) is 9.88 Å². The van der Waals surface area contributed by atoms with Crippen molar-refractivity contribution in [2.24, 2.45) is 0 Å². The first-order valence-corrected chi connectivity index (χ1v) is 13.1. The van der Waals surface area contributed by atoms with Gasteiger partial charge in [-0.25, -0.2) is 0 Å². The SMILES string of the molecule is Cc1cc(Br)c2c(c1)CCc1cc(Br)cnc1C2=C1CCN(C(=O)Cc2cc[n+]([O-])cc2)CC1. The van der Waals surface area contributed by atoms with Gasteiger partial charge < -0.3 is 10.1 Å². The lowest BCUT2D eigenvalue weighted by atomic mass is 9.88. The molecular weight excluding hydrogens is 558 g/mol. The average molecular weight is 583 g/mol. The summed E-state index contributed by atoms with van der Waals surface area (Å²) in [5.41, 5.74) is 9.64. The number of hydrogen-bond donors (Lipinski definition) is 0. The molecule has 34 heavy (non-hydrogen) atoms. The average Bonchev–Trinajstić information content (AvgIpc) is 2.97. The van der Waals surface area contributed by atoms with Gasteiger partial charge in [0.2, 0.25) is 5.91 Å². The summed E-state index contributed by atoms with van der Waals surface area (Å²) in [5, 5.41) is 11.3. The summed E-state index contributed by atoms with van der Waals surface area (Å²) in [7, 11) is 0. The summed E-state index contributed by atoms with van der Waals surface area (Å²) >= 11 is 7.46. The second-order valence-electron chi connectivity index (χ2n) is 9.04. The largest absolute Gasteiger partial charge is 0.619 e. The first kappa shape index (κ1) is 23.2. The summed E-state index contributed by atoms with van der Waals surface area (Å²) in [6, 6.07) is 10.1. The third-order valence-electron chi connectivity index (χ3n) is 6.70. The number of fused-ring (bicyclic) bond motifs is 2. The molecule has 5 nitrogen and oxygen atoms in total. The van der Waals surface area contributed by atoms with Crippen molar-refractivity contribution in [3.05, 3.63) is 102 Å². The molecule has 2 aromatic heterocycles. The van der Waals surface area contributed by atoms with Gasteiger partial charge in [0.1, 0.15) is 0 Å². The van der Waals surface area contributed by atoms with Crippen LogP contribution in [0.1, 0.15) is 46.4 Å². The molecule has 2 aliphatic rings. The number of halogens is 2. The highest BCUT2D eigenvalue weighted by atomic mass is 79.9. The van der Waals surface area contributed by atoms with Gasteiger partial charge in [0.05, 0.1) is 12.1 Å². The van der Waals surface area contributed by atoms with Crippen molar-refractivity contribution in [2.45, 2.75) is 39.0 Å². The van der Waals surface area contributed by atoms with Crippen LogP contribution < -0.4 is 4.73 Å². The Labute approximate surface area is 216 Å². The van der Waals surface area contributed by atoms with E-state index < -0.39 is 0 Å². The molecule has 1 aliphatic carbocycles. The van der Waals surface area contributed by atoms with Gasteiger partial charge in [-0.1, -0.05) is 27.6 Å². The number of hydrogen-bond acceptors (Lipinski definition) is 3. The second kappa shape index (κ2) is 9.62. The number of carbonyl (C=O) groups is 1. The normalized spacial score (nSPS) is 15.6. The molecule has 5 rings (SSSR count). The molecule has 0 saturated carbocycles. The molecule has 3 heterocycles. The van der Waals surface area contributed by atoms with Crippen LogP contribution in [0.2, 0.25) is 0 Å². The number of aryl methyl sites for hydroxylation is 3. The quantitative estimate of drug-likeness (QED) is 0.304. The molecule has 3 aromatic rings. The molecule has 174 valence electrons. The Kier molecular flexibility index (Phi) is 6.58. The maximum absolute atomic E-state index is 12.9. The predicted octanol–water partition coefficient (Wildman–Crippen LogP) is 5.31. The zero-order valence-electron chi connectivity index (χ0n) is 19.0. The Morgan fingerprint density at radius 1 is 1.06 bits per heavy atom. The molecule has 0 spiro atoms. The van der Waals surface area contributed by atoms with E-state index in [1.54, 1.807) is 12.1 Å². The van der Waals surface area contributed by atoms with Gasteiger partial charge in [0, 0.05) is 51.5 Å². The minimum atomic E-state index is 0.105. The van der Waals surface area contributed by atoms with Crippen LogP contribution in [0.15, 0.2) is 63.4 Å². The van der Waals surface area contributed by atoms with Crippen LogP contribution in [-0.4, -0.2) is 28.9 Å². The van der Waals surface area contributed by atoms with Crippen LogP contribution in [0, 0.1) is 12.1 Å². The van der Waals surface area contributed by atoms with Crippen LogP contribution in [-0.2, 0) is 24.1 Å². The van der Waals surface area contributed by atoms with E-state index in [1.807, 2.05) is 11.1 Å². The summed E-state index contributed by atoms with van der Waals surface area (Å²) in [5.74, 6) is 0.105. The zero-order valence-corrected chi connectivity index (χ0v) is 22.2. The van der Waals surface area contributed by atoms with Gasteiger partial charge >= 0.3 is 0 Å². The Morgan fingerprint density at radius 3 is 2.50 bits per heavy atom. The highest BCUT2D eigenvalue weighted by Crippen LogP contribution is 2.42. The number of aromatic nitrogens is 2. The lowest BCUT2D eigenvalue weighted by molar-refractivity contribution is -0.605. The molecule has 1 aromatic carbocycles.